The van der Waals surface area contributed by atoms with Crippen molar-refractivity contribution in [1.82, 2.24) is 0 Å². The second-order valence-corrected chi connectivity index (χ2v) is 5.66. The molecule has 0 spiro atoms. The van der Waals surface area contributed by atoms with Gasteiger partial charge in [0.15, 0.2) is 11.5 Å². The maximum Gasteiger partial charge on any atom is 0.165 e. The Kier molecular flexibility index (Phi) is 3.13. The minimum absolute atomic E-state index is 0.201. The Morgan fingerprint density at radius 3 is 2.75 bits per heavy atom. The molecule has 104 valence electrons. The molecule has 0 radical (unpaired) electrons. The number of hydrogen-bond acceptors (Lipinski definition) is 2. The maximum absolute atomic E-state index is 13.6. The van der Waals surface area contributed by atoms with Crippen LogP contribution in [-0.4, -0.2) is 5.60 Å². The number of fused-ring (bicyclic) bond motifs is 1. The van der Waals surface area contributed by atoms with Gasteiger partial charge in [0.2, 0.25) is 0 Å². The molecule has 1 aliphatic heterocycles. The fourth-order valence-electron chi connectivity index (χ4n) is 2.47. The molecule has 3 heteroatoms. The summed E-state index contributed by atoms with van der Waals surface area (Å²) in [5.41, 5.74) is 1.48. The molecule has 0 amide bonds. The third-order valence-corrected chi connectivity index (χ3v) is 3.40. The molecule has 2 aromatic rings. The van der Waals surface area contributed by atoms with Gasteiger partial charge in [0.1, 0.15) is 18.0 Å². The minimum atomic E-state index is -0.249. The van der Waals surface area contributed by atoms with Crippen molar-refractivity contribution in [2.45, 2.75) is 32.5 Å². The van der Waals surface area contributed by atoms with Gasteiger partial charge >= 0.3 is 0 Å². The number of para-hydroxylation sites is 1. The highest BCUT2D eigenvalue weighted by Gasteiger charge is 2.32. The van der Waals surface area contributed by atoms with Crippen LogP contribution in [0.15, 0.2) is 42.5 Å². The Hall–Kier alpha value is -2.03. The van der Waals surface area contributed by atoms with E-state index in [4.69, 9.17) is 9.47 Å². The second kappa shape index (κ2) is 4.82. The van der Waals surface area contributed by atoms with Crippen LogP contribution in [-0.2, 0) is 13.0 Å². The van der Waals surface area contributed by atoms with E-state index in [0.717, 1.165) is 17.7 Å². The third-order valence-electron chi connectivity index (χ3n) is 3.40. The van der Waals surface area contributed by atoms with Crippen molar-refractivity contribution in [3.63, 3.8) is 0 Å². The molecule has 0 aliphatic carbocycles. The van der Waals surface area contributed by atoms with E-state index in [0.29, 0.717) is 11.3 Å². The standard InChI is InChI=1S/C17H17FO2/c1-17(2)10-12-7-5-9-15(16(12)20-17)19-11-13-6-3-4-8-14(13)18/h3-9H,10-11H2,1-2H3. The monoisotopic (exact) mass is 272 g/mol. The van der Waals surface area contributed by atoms with Gasteiger partial charge in [-0.3, -0.25) is 0 Å². The highest BCUT2D eigenvalue weighted by Crippen LogP contribution is 2.41. The molecule has 0 atom stereocenters. The van der Waals surface area contributed by atoms with Crippen LogP contribution in [0.3, 0.4) is 0 Å². The van der Waals surface area contributed by atoms with Crippen molar-refractivity contribution in [2.75, 3.05) is 0 Å². The van der Waals surface area contributed by atoms with Crippen LogP contribution in [0, 0.1) is 5.82 Å². The fraction of sp³-hybridized carbons (Fsp3) is 0.294. The lowest BCUT2D eigenvalue weighted by Gasteiger charge is -2.18. The summed E-state index contributed by atoms with van der Waals surface area (Å²) < 4.78 is 25.2. The lowest BCUT2D eigenvalue weighted by molar-refractivity contribution is 0.131. The zero-order chi connectivity index (χ0) is 14.2. The van der Waals surface area contributed by atoms with Gasteiger partial charge < -0.3 is 9.47 Å². The normalized spacial score (nSPS) is 15.6. The van der Waals surface area contributed by atoms with Crippen molar-refractivity contribution in [3.05, 3.63) is 59.4 Å². The summed E-state index contributed by atoms with van der Waals surface area (Å²) in [4.78, 5) is 0. The average molecular weight is 272 g/mol. The quantitative estimate of drug-likeness (QED) is 0.836. The van der Waals surface area contributed by atoms with Crippen LogP contribution < -0.4 is 9.47 Å². The van der Waals surface area contributed by atoms with Gasteiger partial charge in [-0.25, -0.2) is 4.39 Å². The van der Waals surface area contributed by atoms with Gasteiger partial charge in [-0.2, -0.15) is 0 Å². The second-order valence-electron chi connectivity index (χ2n) is 5.66. The first-order valence-corrected chi connectivity index (χ1v) is 6.72. The predicted molar refractivity (Wildman–Crippen MR) is 75.6 cm³/mol. The molecule has 0 saturated carbocycles. The Morgan fingerprint density at radius 1 is 1.15 bits per heavy atom. The molecule has 2 aromatic carbocycles. The Labute approximate surface area is 118 Å². The number of halogens is 1. The predicted octanol–water partition coefficient (Wildman–Crippen LogP) is 4.12. The zero-order valence-corrected chi connectivity index (χ0v) is 11.7. The first-order valence-electron chi connectivity index (χ1n) is 6.72. The fourth-order valence-corrected chi connectivity index (χ4v) is 2.47. The number of benzene rings is 2. The van der Waals surface area contributed by atoms with Crippen LogP contribution in [0.1, 0.15) is 25.0 Å². The van der Waals surface area contributed by atoms with Gasteiger partial charge in [-0.15, -0.1) is 0 Å². The third kappa shape index (κ3) is 2.48. The van der Waals surface area contributed by atoms with Gasteiger partial charge in [0.05, 0.1) is 0 Å². The first-order chi connectivity index (χ1) is 9.55. The summed E-state index contributed by atoms with van der Waals surface area (Å²) in [5.74, 6) is 1.21. The summed E-state index contributed by atoms with van der Waals surface area (Å²) >= 11 is 0. The largest absolute Gasteiger partial charge is 0.485 e. The molecule has 3 rings (SSSR count). The lowest BCUT2D eigenvalue weighted by Crippen LogP contribution is -2.24. The molecule has 2 nitrogen and oxygen atoms in total. The maximum atomic E-state index is 13.6. The highest BCUT2D eigenvalue weighted by atomic mass is 19.1. The Balaban J connectivity index is 1.80. The summed E-state index contributed by atoms with van der Waals surface area (Å²) in [7, 11) is 0. The van der Waals surface area contributed by atoms with Gasteiger partial charge in [-0.05, 0) is 26.0 Å². The van der Waals surface area contributed by atoms with Crippen LogP contribution in [0.5, 0.6) is 11.5 Å². The number of hydrogen-bond donors (Lipinski definition) is 0. The van der Waals surface area contributed by atoms with Crippen molar-refractivity contribution >= 4 is 0 Å². The van der Waals surface area contributed by atoms with E-state index in [9.17, 15) is 4.39 Å². The van der Waals surface area contributed by atoms with Crippen molar-refractivity contribution in [3.8, 4) is 11.5 Å². The zero-order valence-electron chi connectivity index (χ0n) is 11.7. The number of rotatable bonds is 3. The smallest absolute Gasteiger partial charge is 0.165 e. The molecule has 0 unspecified atom stereocenters. The van der Waals surface area contributed by atoms with E-state index in [1.165, 1.54) is 6.07 Å². The molecule has 1 aliphatic rings. The molecule has 0 bridgehead atoms. The summed E-state index contributed by atoms with van der Waals surface area (Å²) in [6, 6.07) is 12.5. The van der Waals surface area contributed by atoms with Crippen LogP contribution in [0.4, 0.5) is 4.39 Å². The molecule has 1 heterocycles. The molecular formula is C17H17FO2. The highest BCUT2D eigenvalue weighted by molar-refractivity contribution is 5.50. The summed E-state index contributed by atoms with van der Waals surface area (Å²) in [5, 5.41) is 0. The van der Waals surface area contributed by atoms with Crippen LogP contribution >= 0.6 is 0 Å². The molecule has 0 N–H and O–H groups in total. The van der Waals surface area contributed by atoms with Crippen molar-refractivity contribution in [2.24, 2.45) is 0 Å². The number of ether oxygens (including phenoxy) is 2. The lowest BCUT2D eigenvalue weighted by atomic mass is 10.0. The molecule has 0 saturated heterocycles. The summed E-state index contributed by atoms with van der Waals surface area (Å²) in [6.45, 7) is 4.30. The van der Waals surface area contributed by atoms with E-state index in [-0.39, 0.29) is 18.0 Å². The van der Waals surface area contributed by atoms with E-state index in [1.807, 2.05) is 32.0 Å². The van der Waals surface area contributed by atoms with E-state index < -0.39 is 0 Å². The van der Waals surface area contributed by atoms with Crippen molar-refractivity contribution in [1.29, 1.82) is 0 Å². The Morgan fingerprint density at radius 2 is 1.95 bits per heavy atom. The minimum Gasteiger partial charge on any atom is -0.485 e. The van der Waals surface area contributed by atoms with Gasteiger partial charge in [0, 0.05) is 17.5 Å². The van der Waals surface area contributed by atoms with E-state index in [2.05, 4.69) is 0 Å². The molecule has 0 fully saturated rings. The Bertz CT molecular complexity index is 635. The topological polar surface area (TPSA) is 18.5 Å². The first kappa shape index (κ1) is 13.0. The molecule has 20 heavy (non-hydrogen) atoms. The average Bonchev–Trinajstić information content (AvgIpc) is 2.72. The molecule has 0 aromatic heterocycles. The van der Waals surface area contributed by atoms with Crippen LogP contribution in [0.25, 0.3) is 0 Å². The van der Waals surface area contributed by atoms with E-state index in [1.54, 1.807) is 18.2 Å². The van der Waals surface area contributed by atoms with Crippen LogP contribution in [0.2, 0.25) is 0 Å². The van der Waals surface area contributed by atoms with Gasteiger partial charge in [0.25, 0.3) is 0 Å². The van der Waals surface area contributed by atoms with Gasteiger partial charge in [-0.1, -0.05) is 30.3 Å². The summed E-state index contributed by atoms with van der Waals surface area (Å²) in [6.07, 6.45) is 0.860. The SMILES string of the molecule is CC1(C)Cc2cccc(OCc3ccccc3F)c2O1. The van der Waals surface area contributed by atoms with Crippen molar-refractivity contribution < 1.29 is 13.9 Å². The van der Waals surface area contributed by atoms with E-state index >= 15 is 0 Å². The molecular weight excluding hydrogens is 255 g/mol.